The van der Waals surface area contributed by atoms with E-state index in [1.807, 2.05) is 24.3 Å². The van der Waals surface area contributed by atoms with Gasteiger partial charge >= 0.3 is 0 Å². The second-order valence-electron chi connectivity index (χ2n) is 4.37. The largest absolute Gasteiger partial charge is 0.372 e. The Morgan fingerprint density at radius 3 is 2.71 bits per heavy atom. The molecule has 110 valence electrons. The van der Waals surface area contributed by atoms with E-state index in [4.69, 9.17) is 10.6 Å². The SMILES string of the molecule is NNc1ccc([N+](=O)[O-])cc1COCc1cccc(Br)c1. The molecule has 0 saturated carbocycles. The summed E-state index contributed by atoms with van der Waals surface area (Å²) in [6.45, 7) is 0.639. The van der Waals surface area contributed by atoms with Gasteiger partial charge in [-0.3, -0.25) is 16.0 Å². The van der Waals surface area contributed by atoms with Crippen molar-refractivity contribution in [2.75, 3.05) is 5.43 Å². The summed E-state index contributed by atoms with van der Waals surface area (Å²) in [5.41, 5.74) is 4.78. The third-order valence-electron chi connectivity index (χ3n) is 2.87. The van der Waals surface area contributed by atoms with Crippen molar-refractivity contribution in [3.8, 4) is 0 Å². The molecule has 0 spiro atoms. The second kappa shape index (κ2) is 7.16. The number of rotatable bonds is 6. The smallest absolute Gasteiger partial charge is 0.269 e. The summed E-state index contributed by atoms with van der Waals surface area (Å²) < 4.78 is 6.57. The summed E-state index contributed by atoms with van der Waals surface area (Å²) >= 11 is 3.39. The van der Waals surface area contributed by atoms with Crippen LogP contribution in [0.2, 0.25) is 0 Å². The molecule has 0 aromatic heterocycles. The van der Waals surface area contributed by atoms with Crippen molar-refractivity contribution < 1.29 is 9.66 Å². The van der Waals surface area contributed by atoms with Crippen molar-refractivity contribution in [2.45, 2.75) is 13.2 Å². The van der Waals surface area contributed by atoms with Gasteiger partial charge in [0, 0.05) is 22.2 Å². The molecular formula is C14H14BrN3O3. The highest BCUT2D eigenvalue weighted by Crippen LogP contribution is 2.22. The maximum atomic E-state index is 10.8. The Kier molecular flexibility index (Phi) is 5.26. The number of nitrogens with zero attached hydrogens (tertiary/aromatic N) is 1. The molecule has 0 amide bonds. The molecule has 0 aliphatic rings. The summed E-state index contributed by atoms with van der Waals surface area (Å²) in [6, 6.07) is 12.2. The fourth-order valence-electron chi connectivity index (χ4n) is 1.86. The number of hydrogen-bond donors (Lipinski definition) is 2. The summed E-state index contributed by atoms with van der Waals surface area (Å²) in [4.78, 5) is 10.3. The molecule has 7 heteroatoms. The minimum atomic E-state index is -0.446. The van der Waals surface area contributed by atoms with Crippen LogP contribution in [0.1, 0.15) is 11.1 Å². The molecule has 0 atom stereocenters. The van der Waals surface area contributed by atoms with E-state index >= 15 is 0 Å². The van der Waals surface area contributed by atoms with E-state index in [1.54, 1.807) is 6.07 Å². The molecule has 2 aromatic carbocycles. The number of ether oxygens (including phenoxy) is 1. The first-order chi connectivity index (χ1) is 10.1. The number of hydrogen-bond acceptors (Lipinski definition) is 5. The number of nitrogen functional groups attached to an aromatic ring is 1. The lowest BCUT2D eigenvalue weighted by Gasteiger charge is -2.10. The molecule has 21 heavy (non-hydrogen) atoms. The third kappa shape index (κ3) is 4.25. The zero-order valence-electron chi connectivity index (χ0n) is 11.1. The summed E-state index contributed by atoms with van der Waals surface area (Å²) in [7, 11) is 0. The second-order valence-corrected chi connectivity index (χ2v) is 5.28. The van der Waals surface area contributed by atoms with Gasteiger partial charge in [-0.2, -0.15) is 0 Å². The van der Waals surface area contributed by atoms with Crippen LogP contribution in [-0.2, 0) is 18.0 Å². The highest BCUT2D eigenvalue weighted by Gasteiger charge is 2.10. The molecule has 0 radical (unpaired) electrons. The molecule has 0 saturated heterocycles. The lowest BCUT2D eigenvalue weighted by molar-refractivity contribution is -0.384. The minimum absolute atomic E-state index is 0.00931. The van der Waals surface area contributed by atoms with E-state index in [-0.39, 0.29) is 12.3 Å². The topological polar surface area (TPSA) is 90.4 Å². The van der Waals surface area contributed by atoms with Crippen LogP contribution in [0.5, 0.6) is 0 Å². The summed E-state index contributed by atoms with van der Waals surface area (Å²) in [5.74, 6) is 5.40. The lowest BCUT2D eigenvalue weighted by atomic mass is 10.1. The van der Waals surface area contributed by atoms with Gasteiger partial charge in [-0.05, 0) is 23.8 Å². The Labute approximate surface area is 130 Å². The highest BCUT2D eigenvalue weighted by atomic mass is 79.9. The number of nitro groups is 1. The van der Waals surface area contributed by atoms with Crippen LogP contribution >= 0.6 is 15.9 Å². The number of non-ortho nitro benzene ring substituents is 1. The molecule has 0 bridgehead atoms. The zero-order chi connectivity index (χ0) is 15.2. The monoisotopic (exact) mass is 351 g/mol. The Balaban J connectivity index is 2.05. The average Bonchev–Trinajstić information content (AvgIpc) is 2.47. The number of benzene rings is 2. The Hall–Kier alpha value is -1.96. The maximum Gasteiger partial charge on any atom is 0.269 e. The van der Waals surface area contributed by atoms with Crippen molar-refractivity contribution in [1.29, 1.82) is 0 Å². The summed E-state index contributed by atoms with van der Waals surface area (Å²) in [5, 5.41) is 10.8. The molecular weight excluding hydrogens is 338 g/mol. The quantitative estimate of drug-likeness (QED) is 0.473. The number of halogens is 1. The van der Waals surface area contributed by atoms with E-state index in [1.165, 1.54) is 12.1 Å². The summed E-state index contributed by atoms with van der Waals surface area (Å²) in [6.07, 6.45) is 0. The van der Waals surface area contributed by atoms with Crippen molar-refractivity contribution in [3.05, 3.63) is 68.2 Å². The van der Waals surface area contributed by atoms with Gasteiger partial charge in [0.1, 0.15) is 0 Å². The molecule has 2 aromatic rings. The highest BCUT2D eigenvalue weighted by molar-refractivity contribution is 9.10. The first-order valence-electron chi connectivity index (χ1n) is 6.16. The number of nitrogens with two attached hydrogens (primary N) is 1. The molecule has 0 aliphatic heterocycles. The normalized spacial score (nSPS) is 10.4. The van der Waals surface area contributed by atoms with Gasteiger partial charge in [0.25, 0.3) is 5.69 Å². The van der Waals surface area contributed by atoms with Crippen molar-refractivity contribution in [1.82, 2.24) is 0 Å². The van der Waals surface area contributed by atoms with Crippen molar-refractivity contribution in [2.24, 2.45) is 5.84 Å². The standard InChI is InChI=1S/C14H14BrN3O3/c15-12-3-1-2-10(6-12)8-21-9-11-7-13(18(19)20)4-5-14(11)17-16/h1-7,17H,8-9,16H2. The van der Waals surface area contributed by atoms with Crippen LogP contribution in [0.15, 0.2) is 46.9 Å². The Morgan fingerprint density at radius 1 is 1.24 bits per heavy atom. The van der Waals surface area contributed by atoms with Crippen LogP contribution in [0, 0.1) is 10.1 Å². The fourth-order valence-corrected chi connectivity index (χ4v) is 2.31. The predicted octanol–water partition coefficient (Wildman–Crippen LogP) is 3.36. The van der Waals surface area contributed by atoms with Gasteiger partial charge in [-0.25, -0.2) is 0 Å². The van der Waals surface area contributed by atoms with Crippen LogP contribution in [0.3, 0.4) is 0 Å². The van der Waals surface area contributed by atoms with Crippen LogP contribution in [0.25, 0.3) is 0 Å². The number of hydrazine groups is 1. The molecule has 2 rings (SSSR count). The average molecular weight is 352 g/mol. The van der Waals surface area contributed by atoms with Gasteiger partial charge < -0.3 is 10.2 Å². The van der Waals surface area contributed by atoms with E-state index in [0.717, 1.165) is 10.0 Å². The molecule has 6 nitrogen and oxygen atoms in total. The first-order valence-corrected chi connectivity index (χ1v) is 6.95. The van der Waals surface area contributed by atoms with Crippen LogP contribution in [-0.4, -0.2) is 4.92 Å². The zero-order valence-corrected chi connectivity index (χ0v) is 12.7. The fraction of sp³-hybridized carbons (Fsp3) is 0.143. The minimum Gasteiger partial charge on any atom is -0.372 e. The lowest BCUT2D eigenvalue weighted by Crippen LogP contribution is -2.10. The number of nitrogens with one attached hydrogen (secondary N) is 1. The Morgan fingerprint density at radius 2 is 2.05 bits per heavy atom. The molecule has 0 heterocycles. The van der Waals surface area contributed by atoms with Crippen LogP contribution in [0.4, 0.5) is 11.4 Å². The van der Waals surface area contributed by atoms with Crippen LogP contribution < -0.4 is 11.3 Å². The van der Waals surface area contributed by atoms with E-state index in [0.29, 0.717) is 17.9 Å². The van der Waals surface area contributed by atoms with Gasteiger partial charge in [0.05, 0.1) is 23.8 Å². The third-order valence-corrected chi connectivity index (χ3v) is 3.36. The van der Waals surface area contributed by atoms with Crippen molar-refractivity contribution in [3.63, 3.8) is 0 Å². The van der Waals surface area contributed by atoms with Gasteiger partial charge in [-0.15, -0.1) is 0 Å². The van der Waals surface area contributed by atoms with E-state index < -0.39 is 4.92 Å². The van der Waals surface area contributed by atoms with Gasteiger partial charge in [0.2, 0.25) is 0 Å². The van der Waals surface area contributed by atoms with Crippen molar-refractivity contribution >= 4 is 27.3 Å². The van der Waals surface area contributed by atoms with Gasteiger partial charge in [-0.1, -0.05) is 28.1 Å². The van der Waals surface area contributed by atoms with E-state index in [9.17, 15) is 10.1 Å². The number of anilines is 1. The number of nitro benzene ring substituents is 1. The molecule has 0 unspecified atom stereocenters. The van der Waals surface area contributed by atoms with E-state index in [2.05, 4.69) is 21.4 Å². The molecule has 3 N–H and O–H groups in total. The molecule has 0 aliphatic carbocycles. The maximum absolute atomic E-state index is 10.8. The Bertz CT molecular complexity index is 649. The van der Waals surface area contributed by atoms with Gasteiger partial charge in [0.15, 0.2) is 0 Å². The first kappa shape index (κ1) is 15.4. The predicted molar refractivity (Wildman–Crippen MR) is 83.5 cm³/mol. The molecule has 0 fully saturated rings.